The number of benzene rings is 2. The first-order valence-electron chi connectivity index (χ1n) is 8.27. The highest BCUT2D eigenvalue weighted by molar-refractivity contribution is 7.98. The molecule has 2 aromatic carbocycles. The first-order chi connectivity index (χ1) is 12.6. The predicted octanol–water partition coefficient (Wildman–Crippen LogP) is 5.49. The number of carbonyl (C=O) groups is 1. The lowest BCUT2D eigenvalue weighted by molar-refractivity contribution is 0.102. The maximum atomic E-state index is 12.6. The van der Waals surface area contributed by atoms with Gasteiger partial charge in [0.05, 0.1) is 17.9 Å². The van der Waals surface area contributed by atoms with E-state index in [-0.39, 0.29) is 5.91 Å². The lowest BCUT2D eigenvalue weighted by atomic mass is 10.1. The fourth-order valence-corrected chi connectivity index (χ4v) is 4.02. The Morgan fingerprint density at radius 2 is 1.92 bits per heavy atom. The zero-order chi connectivity index (χ0) is 18.5. The third-order valence-electron chi connectivity index (χ3n) is 3.81. The molecule has 3 aromatic rings. The average molecular weight is 385 g/mol. The summed E-state index contributed by atoms with van der Waals surface area (Å²) in [6, 6.07) is 15.4. The van der Waals surface area contributed by atoms with Crippen molar-refractivity contribution in [2.45, 2.75) is 18.7 Å². The van der Waals surface area contributed by atoms with Crippen LogP contribution in [-0.4, -0.2) is 23.8 Å². The van der Waals surface area contributed by atoms with E-state index in [0.717, 1.165) is 26.8 Å². The van der Waals surface area contributed by atoms with Gasteiger partial charge in [-0.3, -0.25) is 10.1 Å². The van der Waals surface area contributed by atoms with Crippen molar-refractivity contribution in [2.24, 2.45) is 0 Å². The van der Waals surface area contributed by atoms with Crippen molar-refractivity contribution < 1.29 is 9.53 Å². The fourth-order valence-electron chi connectivity index (χ4n) is 2.59. The Kier molecular flexibility index (Phi) is 5.96. The number of aromatic nitrogens is 1. The number of rotatable bonds is 6. The van der Waals surface area contributed by atoms with Crippen molar-refractivity contribution >= 4 is 34.1 Å². The molecule has 1 aromatic heterocycles. The summed E-state index contributed by atoms with van der Waals surface area (Å²) < 4.78 is 5.48. The number of aryl methyl sites for hydroxylation is 1. The van der Waals surface area contributed by atoms with Crippen LogP contribution in [0.3, 0.4) is 0 Å². The van der Waals surface area contributed by atoms with Crippen LogP contribution in [-0.2, 0) is 0 Å². The van der Waals surface area contributed by atoms with Gasteiger partial charge in [-0.2, -0.15) is 0 Å². The zero-order valence-electron chi connectivity index (χ0n) is 14.9. The summed E-state index contributed by atoms with van der Waals surface area (Å²) >= 11 is 3.03. The number of thioether (sulfide) groups is 1. The quantitative estimate of drug-likeness (QED) is 0.571. The Hall–Kier alpha value is -2.31. The van der Waals surface area contributed by atoms with Gasteiger partial charge in [0.15, 0.2) is 5.13 Å². The molecule has 0 fully saturated rings. The Morgan fingerprint density at radius 1 is 1.19 bits per heavy atom. The van der Waals surface area contributed by atoms with Gasteiger partial charge >= 0.3 is 0 Å². The van der Waals surface area contributed by atoms with E-state index >= 15 is 0 Å². The lowest BCUT2D eigenvalue weighted by Gasteiger charge is -2.06. The largest absolute Gasteiger partial charge is 0.494 e. The third-order valence-corrected chi connectivity index (χ3v) is 5.49. The summed E-state index contributed by atoms with van der Waals surface area (Å²) in [5.74, 6) is 0.702. The molecule has 1 heterocycles. The van der Waals surface area contributed by atoms with Gasteiger partial charge in [0.25, 0.3) is 5.91 Å². The van der Waals surface area contributed by atoms with Gasteiger partial charge < -0.3 is 4.74 Å². The van der Waals surface area contributed by atoms with Crippen LogP contribution < -0.4 is 10.1 Å². The third kappa shape index (κ3) is 4.08. The van der Waals surface area contributed by atoms with Crippen LogP contribution in [0.2, 0.25) is 0 Å². The van der Waals surface area contributed by atoms with Gasteiger partial charge in [-0.05, 0) is 56.5 Å². The highest BCUT2D eigenvalue weighted by Crippen LogP contribution is 2.32. The lowest BCUT2D eigenvalue weighted by Crippen LogP contribution is -2.12. The summed E-state index contributed by atoms with van der Waals surface area (Å²) in [5.41, 5.74) is 2.55. The number of hydrogen-bond donors (Lipinski definition) is 1. The second kappa shape index (κ2) is 8.38. The highest BCUT2D eigenvalue weighted by atomic mass is 32.2. The van der Waals surface area contributed by atoms with Gasteiger partial charge in [0, 0.05) is 15.3 Å². The smallest absolute Gasteiger partial charge is 0.258 e. The van der Waals surface area contributed by atoms with Crippen LogP contribution in [0.5, 0.6) is 5.75 Å². The van der Waals surface area contributed by atoms with E-state index in [4.69, 9.17) is 4.74 Å². The van der Waals surface area contributed by atoms with E-state index in [1.807, 2.05) is 68.6 Å². The van der Waals surface area contributed by atoms with E-state index in [1.54, 1.807) is 11.8 Å². The average Bonchev–Trinajstić information content (AvgIpc) is 3.02. The van der Waals surface area contributed by atoms with E-state index < -0.39 is 0 Å². The van der Waals surface area contributed by atoms with Crippen LogP contribution in [0.15, 0.2) is 53.4 Å². The number of ether oxygens (including phenoxy) is 1. The Balaban J connectivity index is 1.80. The highest BCUT2D eigenvalue weighted by Gasteiger charge is 2.15. The minimum absolute atomic E-state index is 0.137. The molecule has 0 spiro atoms. The summed E-state index contributed by atoms with van der Waals surface area (Å²) in [5, 5.41) is 3.53. The van der Waals surface area contributed by atoms with Crippen molar-refractivity contribution in [3.05, 3.63) is 59.0 Å². The zero-order valence-corrected chi connectivity index (χ0v) is 16.5. The van der Waals surface area contributed by atoms with Gasteiger partial charge in [0.1, 0.15) is 5.75 Å². The van der Waals surface area contributed by atoms with E-state index in [9.17, 15) is 4.79 Å². The topological polar surface area (TPSA) is 51.2 Å². The monoisotopic (exact) mass is 384 g/mol. The number of carbonyl (C=O) groups excluding carboxylic acids is 1. The standard InChI is InChI=1S/C20H20N2O2S2/c1-4-24-15-11-9-14(10-12-15)18-13(2)26-20(21-18)22-19(23)16-7-5-6-8-17(16)25-3/h5-12H,4H2,1-3H3,(H,21,22,23). The Labute approximate surface area is 161 Å². The number of anilines is 1. The molecule has 0 unspecified atom stereocenters. The molecule has 0 radical (unpaired) electrons. The molecule has 0 aliphatic rings. The summed E-state index contributed by atoms with van der Waals surface area (Å²) in [6.07, 6.45) is 1.96. The number of thiazole rings is 1. The van der Waals surface area contributed by atoms with Crippen molar-refractivity contribution in [3.63, 3.8) is 0 Å². The summed E-state index contributed by atoms with van der Waals surface area (Å²) in [6.45, 7) is 4.61. The van der Waals surface area contributed by atoms with Crippen molar-refractivity contribution in [1.29, 1.82) is 0 Å². The molecule has 26 heavy (non-hydrogen) atoms. The molecule has 6 heteroatoms. The molecule has 0 aliphatic heterocycles. The molecule has 134 valence electrons. The minimum atomic E-state index is -0.137. The molecule has 1 N–H and O–H groups in total. The van der Waals surface area contributed by atoms with Crippen LogP contribution in [0.4, 0.5) is 5.13 Å². The molecule has 1 amide bonds. The second-order valence-electron chi connectivity index (χ2n) is 5.54. The van der Waals surface area contributed by atoms with Gasteiger partial charge in [0.2, 0.25) is 0 Å². The van der Waals surface area contributed by atoms with Gasteiger partial charge in [-0.25, -0.2) is 4.98 Å². The molecular weight excluding hydrogens is 364 g/mol. The Morgan fingerprint density at radius 3 is 2.62 bits per heavy atom. The molecule has 0 saturated heterocycles. The predicted molar refractivity (Wildman–Crippen MR) is 110 cm³/mol. The fraction of sp³-hybridized carbons (Fsp3) is 0.200. The molecule has 4 nitrogen and oxygen atoms in total. The first-order valence-corrected chi connectivity index (χ1v) is 10.3. The maximum Gasteiger partial charge on any atom is 0.258 e. The Bertz CT molecular complexity index is 904. The number of amides is 1. The van der Waals surface area contributed by atoms with Crippen LogP contribution in [0, 0.1) is 6.92 Å². The number of nitrogens with zero attached hydrogens (tertiary/aromatic N) is 1. The number of hydrogen-bond acceptors (Lipinski definition) is 5. The van der Waals surface area contributed by atoms with E-state index in [1.165, 1.54) is 11.3 Å². The molecule has 0 aliphatic carbocycles. The SMILES string of the molecule is CCOc1ccc(-c2nc(NC(=O)c3ccccc3SC)sc2C)cc1. The minimum Gasteiger partial charge on any atom is -0.494 e. The molecule has 0 saturated carbocycles. The summed E-state index contributed by atoms with van der Waals surface area (Å²) in [4.78, 5) is 19.2. The molecule has 3 rings (SSSR count). The maximum absolute atomic E-state index is 12.6. The molecule has 0 atom stereocenters. The van der Waals surface area contributed by atoms with Crippen molar-refractivity contribution in [3.8, 4) is 17.0 Å². The van der Waals surface area contributed by atoms with Gasteiger partial charge in [-0.1, -0.05) is 12.1 Å². The molecule has 0 bridgehead atoms. The normalized spacial score (nSPS) is 10.6. The van der Waals surface area contributed by atoms with E-state index in [0.29, 0.717) is 17.3 Å². The van der Waals surface area contributed by atoms with Crippen LogP contribution in [0.25, 0.3) is 11.3 Å². The van der Waals surface area contributed by atoms with Gasteiger partial charge in [-0.15, -0.1) is 23.1 Å². The van der Waals surface area contributed by atoms with Crippen molar-refractivity contribution in [2.75, 3.05) is 18.2 Å². The first kappa shape index (κ1) is 18.5. The summed E-state index contributed by atoms with van der Waals surface area (Å²) in [7, 11) is 0. The van der Waals surface area contributed by atoms with Crippen LogP contribution in [0.1, 0.15) is 22.2 Å². The van der Waals surface area contributed by atoms with E-state index in [2.05, 4.69) is 10.3 Å². The second-order valence-corrected chi connectivity index (χ2v) is 7.59. The van der Waals surface area contributed by atoms with Crippen molar-refractivity contribution in [1.82, 2.24) is 4.98 Å². The number of nitrogens with one attached hydrogen (secondary N) is 1. The molecular formula is C20H20N2O2S2. The van der Waals surface area contributed by atoms with Crippen LogP contribution >= 0.6 is 23.1 Å².